The molecule has 1 atom stereocenters. The van der Waals surface area contributed by atoms with Crippen molar-refractivity contribution in [1.82, 2.24) is 0 Å². The van der Waals surface area contributed by atoms with Crippen LogP contribution in [-0.2, 0) is 18.3 Å². The van der Waals surface area contributed by atoms with Crippen molar-refractivity contribution in [3.63, 3.8) is 0 Å². The summed E-state index contributed by atoms with van der Waals surface area (Å²) in [6.07, 6.45) is 4.03. The standard InChI is InChI=1S/C12H28O4Si/c1-4-7-10-15-17-16-12(14-9-6-3)11-13-8-5-2/h12H,4-11,17H2,1-3H3. The molecule has 0 aliphatic carbocycles. The molecule has 104 valence electrons. The van der Waals surface area contributed by atoms with Gasteiger partial charge in [-0.1, -0.05) is 27.2 Å². The second-order valence-electron chi connectivity index (χ2n) is 3.92. The van der Waals surface area contributed by atoms with Gasteiger partial charge < -0.3 is 18.3 Å². The first-order valence-corrected chi connectivity index (χ1v) is 7.89. The quantitative estimate of drug-likeness (QED) is 0.290. The number of hydrogen-bond acceptors (Lipinski definition) is 4. The maximum absolute atomic E-state index is 5.61. The van der Waals surface area contributed by atoms with E-state index >= 15 is 0 Å². The highest BCUT2D eigenvalue weighted by atomic mass is 28.3. The number of ether oxygens (including phenoxy) is 2. The summed E-state index contributed by atoms with van der Waals surface area (Å²) in [6.45, 7) is 9.11. The minimum Gasteiger partial charge on any atom is -0.399 e. The van der Waals surface area contributed by atoms with Gasteiger partial charge in [0.1, 0.15) is 0 Å². The topological polar surface area (TPSA) is 36.9 Å². The van der Waals surface area contributed by atoms with E-state index in [-0.39, 0.29) is 6.29 Å². The summed E-state index contributed by atoms with van der Waals surface area (Å²) in [7, 11) is -0.924. The molecule has 0 amide bonds. The SMILES string of the molecule is CCCCO[SiH2]OC(COCCC)OCCC. The molecule has 0 aliphatic rings. The molecule has 0 bridgehead atoms. The summed E-state index contributed by atoms with van der Waals surface area (Å²) in [5.41, 5.74) is 0. The lowest BCUT2D eigenvalue weighted by molar-refractivity contribution is -0.127. The molecule has 0 spiro atoms. The second kappa shape index (κ2) is 14.1. The highest BCUT2D eigenvalue weighted by Crippen LogP contribution is 1.98. The van der Waals surface area contributed by atoms with Gasteiger partial charge in [0, 0.05) is 19.8 Å². The van der Waals surface area contributed by atoms with Gasteiger partial charge in [0.15, 0.2) is 6.29 Å². The van der Waals surface area contributed by atoms with Crippen LogP contribution in [0.15, 0.2) is 0 Å². The Morgan fingerprint density at radius 1 is 0.941 bits per heavy atom. The van der Waals surface area contributed by atoms with Crippen LogP contribution in [0.5, 0.6) is 0 Å². The van der Waals surface area contributed by atoms with Crippen molar-refractivity contribution in [2.45, 2.75) is 52.7 Å². The van der Waals surface area contributed by atoms with E-state index in [9.17, 15) is 0 Å². The van der Waals surface area contributed by atoms with E-state index in [2.05, 4.69) is 20.8 Å². The fourth-order valence-corrected chi connectivity index (χ4v) is 1.91. The summed E-state index contributed by atoms with van der Waals surface area (Å²) in [6, 6.07) is 0. The fourth-order valence-electron chi connectivity index (χ4n) is 1.15. The lowest BCUT2D eigenvalue weighted by Gasteiger charge is -2.18. The van der Waals surface area contributed by atoms with Crippen LogP contribution in [0, 0.1) is 0 Å². The summed E-state index contributed by atoms with van der Waals surface area (Å²) in [4.78, 5) is 0. The van der Waals surface area contributed by atoms with Gasteiger partial charge in [-0.05, 0) is 19.3 Å². The minimum absolute atomic E-state index is 0.241. The summed E-state index contributed by atoms with van der Waals surface area (Å²) >= 11 is 0. The highest BCUT2D eigenvalue weighted by molar-refractivity contribution is 6.17. The average Bonchev–Trinajstić information content (AvgIpc) is 2.35. The largest absolute Gasteiger partial charge is 0.399 e. The van der Waals surface area contributed by atoms with E-state index in [0.717, 1.165) is 38.9 Å². The maximum atomic E-state index is 5.61. The van der Waals surface area contributed by atoms with E-state index in [1.165, 1.54) is 0 Å². The minimum atomic E-state index is -0.924. The molecule has 0 aliphatic heterocycles. The molecular weight excluding hydrogens is 236 g/mol. The molecular formula is C12H28O4Si. The zero-order chi connectivity index (χ0) is 12.8. The van der Waals surface area contributed by atoms with Crippen molar-refractivity contribution in [3.8, 4) is 0 Å². The lowest BCUT2D eigenvalue weighted by atomic mass is 10.4. The van der Waals surface area contributed by atoms with Crippen LogP contribution < -0.4 is 0 Å². The molecule has 0 N–H and O–H groups in total. The second-order valence-corrected chi connectivity index (χ2v) is 4.90. The highest BCUT2D eigenvalue weighted by Gasteiger charge is 2.09. The van der Waals surface area contributed by atoms with Crippen LogP contribution in [0.3, 0.4) is 0 Å². The van der Waals surface area contributed by atoms with Gasteiger partial charge in [0.2, 0.25) is 0 Å². The number of rotatable bonds is 13. The number of hydrogen-bond donors (Lipinski definition) is 0. The Hall–Kier alpha value is 0.0569. The molecule has 4 nitrogen and oxygen atoms in total. The van der Waals surface area contributed by atoms with Crippen LogP contribution in [0.4, 0.5) is 0 Å². The van der Waals surface area contributed by atoms with Gasteiger partial charge in [-0.2, -0.15) is 0 Å². The first-order chi connectivity index (χ1) is 8.35. The van der Waals surface area contributed by atoms with E-state index in [0.29, 0.717) is 13.2 Å². The van der Waals surface area contributed by atoms with Crippen LogP contribution in [0.25, 0.3) is 0 Å². The van der Waals surface area contributed by atoms with Crippen molar-refractivity contribution in [2.24, 2.45) is 0 Å². The molecule has 1 unspecified atom stereocenters. The average molecular weight is 264 g/mol. The van der Waals surface area contributed by atoms with Crippen molar-refractivity contribution in [2.75, 3.05) is 26.4 Å². The van der Waals surface area contributed by atoms with Gasteiger partial charge in [-0.25, -0.2) is 0 Å². The third kappa shape index (κ3) is 12.3. The third-order valence-electron chi connectivity index (χ3n) is 2.09. The molecule has 0 saturated heterocycles. The Bertz CT molecular complexity index is 146. The predicted molar refractivity (Wildman–Crippen MR) is 71.6 cm³/mol. The lowest BCUT2D eigenvalue weighted by Crippen LogP contribution is -2.27. The van der Waals surface area contributed by atoms with Crippen molar-refractivity contribution in [3.05, 3.63) is 0 Å². The monoisotopic (exact) mass is 264 g/mol. The van der Waals surface area contributed by atoms with Crippen LogP contribution in [0.1, 0.15) is 46.5 Å². The molecule has 17 heavy (non-hydrogen) atoms. The van der Waals surface area contributed by atoms with Gasteiger partial charge in [-0.3, -0.25) is 0 Å². The van der Waals surface area contributed by atoms with Gasteiger partial charge >= 0.3 is 10.0 Å². The normalized spacial score (nSPS) is 13.6. The Kier molecular flexibility index (Phi) is 14.2. The van der Waals surface area contributed by atoms with Crippen LogP contribution in [-0.4, -0.2) is 42.7 Å². The molecule has 0 aromatic heterocycles. The molecule has 0 saturated carbocycles. The fraction of sp³-hybridized carbons (Fsp3) is 1.00. The Morgan fingerprint density at radius 2 is 1.71 bits per heavy atom. The molecule has 0 rings (SSSR count). The smallest absolute Gasteiger partial charge is 0.306 e. The van der Waals surface area contributed by atoms with E-state index in [1.807, 2.05) is 0 Å². The first kappa shape index (κ1) is 17.1. The third-order valence-corrected chi connectivity index (χ3v) is 3.05. The van der Waals surface area contributed by atoms with Gasteiger partial charge in [0.25, 0.3) is 0 Å². The first-order valence-electron chi connectivity index (χ1n) is 6.73. The molecule has 0 aromatic carbocycles. The van der Waals surface area contributed by atoms with Gasteiger partial charge in [0.05, 0.1) is 6.61 Å². The van der Waals surface area contributed by atoms with Crippen molar-refractivity contribution < 1.29 is 18.3 Å². The van der Waals surface area contributed by atoms with E-state index in [4.69, 9.17) is 18.3 Å². The predicted octanol–water partition coefficient (Wildman–Crippen LogP) is 2.00. The van der Waals surface area contributed by atoms with E-state index in [1.54, 1.807) is 0 Å². The molecule has 0 radical (unpaired) electrons. The Labute approximate surface area is 108 Å². The Balaban J connectivity index is 3.53. The van der Waals surface area contributed by atoms with Crippen molar-refractivity contribution >= 4 is 10.0 Å². The van der Waals surface area contributed by atoms with Gasteiger partial charge in [-0.15, -0.1) is 0 Å². The molecule has 0 heterocycles. The molecule has 0 fully saturated rings. The van der Waals surface area contributed by atoms with Crippen LogP contribution >= 0.6 is 0 Å². The number of unbranched alkanes of at least 4 members (excludes halogenated alkanes) is 1. The molecule has 0 aromatic rings. The van der Waals surface area contributed by atoms with E-state index < -0.39 is 10.0 Å². The Morgan fingerprint density at radius 3 is 2.35 bits per heavy atom. The maximum Gasteiger partial charge on any atom is 0.306 e. The summed E-state index contributed by atoms with van der Waals surface area (Å²) in [5.74, 6) is 0. The summed E-state index contributed by atoms with van der Waals surface area (Å²) in [5, 5.41) is 0. The van der Waals surface area contributed by atoms with Crippen molar-refractivity contribution in [1.29, 1.82) is 0 Å². The zero-order valence-corrected chi connectivity index (χ0v) is 13.0. The zero-order valence-electron chi connectivity index (χ0n) is 11.6. The molecule has 5 heteroatoms. The van der Waals surface area contributed by atoms with Crippen LogP contribution in [0.2, 0.25) is 0 Å². The summed E-state index contributed by atoms with van der Waals surface area (Å²) < 4.78 is 22.1.